The number of rotatable bonds is 4. The van der Waals surface area contributed by atoms with Crippen LogP contribution < -0.4 is 10.6 Å². The number of carbonyl (C=O) groups is 1. The summed E-state index contributed by atoms with van der Waals surface area (Å²) in [5.74, 6) is 1.24. The maximum Gasteiger partial charge on any atom is 0.234 e. The van der Waals surface area contributed by atoms with Crippen molar-refractivity contribution in [3.63, 3.8) is 0 Å². The van der Waals surface area contributed by atoms with Gasteiger partial charge in [-0.1, -0.05) is 6.92 Å². The monoisotopic (exact) mass is 216 g/mol. The van der Waals surface area contributed by atoms with E-state index < -0.39 is 0 Å². The third-order valence-corrected chi connectivity index (χ3v) is 3.56. The molecule has 1 heterocycles. The molecule has 1 amide bonds. The van der Waals surface area contributed by atoms with E-state index in [-0.39, 0.29) is 11.9 Å². The number of thioether (sulfide) groups is 1. The highest BCUT2D eigenvalue weighted by molar-refractivity contribution is 8.00. The Morgan fingerprint density at radius 1 is 1.57 bits per heavy atom. The standard InChI is InChI=1S/C10H20N2OS/c1-7(2)12-10(13)5-11-9-4-8(3)14-6-9/h7-9,11H,4-6H2,1-3H3,(H,12,13). The molecule has 0 aromatic heterocycles. The molecule has 1 fully saturated rings. The molecule has 14 heavy (non-hydrogen) atoms. The fourth-order valence-electron chi connectivity index (χ4n) is 1.57. The average molecular weight is 216 g/mol. The smallest absolute Gasteiger partial charge is 0.234 e. The van der Waals surface area contributed by atoms with E-state index in [0.717, 1.165) is 11.0 Å². The van der Waals surface area contributed by atoms with Crippen LogP contribution in [0.15, 0.2) is 0 Å². The van der Waals surface area contributed by atoms with Crippen LogP contribution in [0.4, 0.5) is 0 Å². The largest absolute Gasteiger partial charge is 0.353 e. The number of nitrogens with one attached hydrogen (secondary N) is 2. The van der Waals surface area contributed by atoms with Crippen LogP contribution in [0, 0.1) is 0 Å². The normalized spacial score (nSPS) is 26.9. The Kier molecular flexibility index (Phi) is 4.75. The molecule has 1 saturated heterocycles. The van der Waals surface area contributed by atoms with E-state index in [9.17, 15) is 4.79 Å². The van der Waals surface area contributed by atoms with E-state index in [1.54, 1.807) is 0 Å². The van der Waals surface area contributed by atoms with Gasteiger partial charge >= 0.3 is 0 Å². The molecule has 1 aliphatic rings. The second-order valence-corrected chi connectivity index (χ2v) is 5.65. The first-order valence-electron chi connectivity index (χ1n) is 5.22. The van der Waals surface area contributed by atoms with Crippen molar-refractivity contribution in [2.75, 3.05) is 12.3 Å². The summed E-state index contributed by atoms with van der Waals surface area (Å²) in [6.45, 7) is 6.65. The van der Waals surface area contributed by atoms with Gasteiger partial charge in [-0.15, -0.1) is 0 Å². The van der Waals surface area contributed by atoms with Gasteiger partial charge in [0, 0.05) is 23.1 Å². The highest BCUT2D eigenvalue weighted by Crippen LogP contribution is 2.25. The molecule has 2 N–H and O–H groups in total. The Morgan fingerprint density at radius 3 is 2.79 bits per heavy atom. The van der Waals surface area contributed by atoms with Crippen LogP contribution in [-0.2, 0) is 4.79 Å². The van der Waals surface area contributed by atoms with E-state index in [4.69, 9.17) is 0 Å². The Morgan fingerprint density at radius 2 is 2.29 bits per heavy atom. The van der Waals surface area contributed by atoms with Crippen molar-refractivity contribution < 1.29 is 4.79 Å². The van der Waals surface area contributed by atoms with Gasteiger partial charge in [-0.3, -0.25) is 4.79 Å². The molecule has 1 aliphatic heterocycles. The molecule has 1 rings (SSSR count). The molecule has 0 aromatic rings. The van der Waals surface area contributed by atoms with Crippen molar-refractivity contribution in [2.24, 2.45) is 0 Å². The minimum Gasteiger partial charge on any atom is -0.353 e. The van der Waals surface area contributed by atoms with Crippen LogP contribution in [0.3, 0.4) is 0 Å². The maximum absolute atomic E-state index is 11.3. The van der Waals surface area contributed by atoms with Gasteiger partial charge in [-0.25, -0.2) is 0 Å². The lowest BCUT2D eigenvalue weighted by Gasteiger charge is -2.13. The molecule has 4 heteroatoms. The van der Waals surface area contributed by atoms with Gasteiger partial charge < -0.3 is 10.6 Å². The van der Waals surface area contributed by atoms with Gasteiger partial charge in [0.2, 0.25) is 5.91 Å². The van der Waals surface area contributed by atoms with Crippen LogP contribution >= 0.6 is 11.8 Å². The molecule has 0 saturated carbocycles. The zero-order valence-corrected chi connectivity index (χ0v) is 9.99. The minimum atomic E-state index is 0.101. The SMILES string of the molecule is CC(C)NC(=O)CNC1CSC(C)C1. The van der Waals surface area contributed by atoms with Gasteiger partial charge in [0.1, 0.15) is 0 Å². The molecular weight excluding hydrogens is 196 g/mol. The molecule has 0 aromatic carbocycles. The summed E-state index contributed by atoms with van der Waals surface area (Å²) in [7, 11) is 0. The maximum atomic E-state index is 11.3. The fourth-order valence-corrected chi connectivity index (χ4v) is 2.75. The first-order chi connectivity index (χ1) is 6.58. The Hall–Kier alpha value is -0.220. The van der Waals surface area contributed by atoms with Crippen molar-refractivity contribution in [3.05, 3.63) is 0 Å². The lowest BCUT2D eigenvalue weighted by molar-refractivity contribution is -0.120. The van der Waals surface area contributed by atoms with Crippen molar-refractivity contribution >= 4 is 17.7 Å². The summed E-state index contributed by atoms with van der Waals surface area (Å²) < 4.78 is 0. The quantitative estimate of drug-likeness (QED) is 0.736. The summed E-state index contributed by atoms with van der Waals surface area (Å²) in [6.07, 6.45) is 1.18. The van der Waals surface area contributed by atoms with Crippen LogP contribution in [0.1, 0.15) is 27.2 Å². The molecular formula is C10H20N2OS. The van der Waals surface area contributed by atoms with Gasteiger partial charge in [0.25, 0.3) is 0 Å². The predicted molar refractivity (Wildman–Crippen MR) is 61.6 cm³/mol. The molecule has 82 valence electrons. The van der Waals surface area contributed by atoms with Crippen molar-refractivity contribution in [3.8, 4) is 0 Å². The molecule has 0 radical (unpaired) electrons. The summed E-state index contributed by atoms with van der Waals surface area (Å²) in [5, 5.41) is 6.89. The van der Waals surface area contributed by atoms with Crippen LogP contribution in [0.25, 0.3) is 0 Å². The lowest BCUT2D eigenvalue weighted by Crippen LogP contribution is -2.41. The molecule has 0 aliphatic carbocycles. The Labute approximate surface area is 90.4 Å². The molecule has 0 spiro atoms. The lowest BCUT2D eigenvalue weighted by atomic mass is 10.2. The molecule has 2 atom stereocenters. The summed E-state index contributed by atoms with van der Waals surface area (Å²) in [4.78, 5) is 11.3. The second kappa shape index (κ2) is 5.61. The number of hydrogen-bond acceptors (Lipinski definition) is 3. The van der Waals surface area contributed by atoms with E-state index in [0.29, 0.717) is 12.6 Å². The average Bonchev–Trinajstić information content (AvgIpc) is 2.47. The van der Waals surface area contributed by atoms with Gasteiger partial charge in [-0.2, -0.15) is 11.8 Å². The van der Waals surface area contributed by atoms with Crippen molar-refractivity contribution in [1.82, 2.24) is 10.6 Å². The Bertz CT molecular complexity index is 197. The third-order valence-electron chi connectivity index (χ3n) is 2.20. The number of carbonyl (C=O) groups excluding carboxylic acids is 1. The fraction of sp³-hybridized carbons (Fsp3) is 0.900. The number of amides is 1. The highest BCUT2D eigenvalue weighted by atomic mass is 32.2. The summed E-state index contributed by atoms with van der Waals surface area (Å²) in [5.41, 5.74) is 0. The Balaban J connectivity index is 2.11. The predicted octanol–water partition coefficient (Wildman–Crippen LogP) is 0.995. The summed E-state index contributed by atoms with van der Waals surface area (Å²) in [6, 6.07) is 0.758. The van der Waals surface area contributed by atoms with Gasteiger partial charge in [-0.05, 0) is 20.3 Å². The van der Waals surface area contributed by atoms with E-state index in [1.807, 2.05) is 25.6 Å². The minimum absolute atomic E-state index is 0.101. The first kappa shape index (κ1) is 11.9. The van der Waals surface area contributed by atoms with E-state index >= 15 is 0 Å². The van der Waals surface area contributed by atoms with Crippen molar-refractivity contribution in [2.45, 2.75) is 44.5 Å². The van der Waals surface area contributed by atoms with Crippen molar-refractivity contribution in [1.29, 1.82) is 0 Å². The summed E-state index contributed by atoms with van der Waals surface area (Å²) >= 11 is 1.98. The zero-order chi connectivity index (χ0) is 10.6. The van der Waals surface area contributed by atoms with Crippen LogP contribution in [0.2, 0.25) is 0 Å². The molecule has 2 unspecified atom stereocenters. The topological polar surface area (TPSA) is 41.1 Å². The molecule has 0 bridgehead atoms. The zero-order valence-electron chi connectivity index (χ0n) is 9.17. The van der Waals surface area contributed by atoms with Crippen LogP contribution in [0.5, 0.6) is 0 Å². The van der Waals surface area contributed by atoms with Gasteiger partial charge in [0.05, 0.1) is 6.54 Å². The first-order valence-corrected chi connectivity index (χ1v) is 6.27. The highest BCUT2D eigenvalue weighted by Gasteiger charge is 2.21. The van der Waals surface area contributed by atoms with E-state index in [2.05, 4.69) is 17.6 Å². The molecule has 3 nitrogen and oxygen atoms in total. The number of hydrogen-bond donors (Lipinski definition) is 2. The van der Waals surface area contributed by atoms with Gasteiger partial charge in [0.15, 0.2) is 0 Å². The van der Waals surface area contributed by atoms with Crippen LogP contribution in [-0.4, -0.2) is 35.5 Å². The van der Waals surface area contributed by atoms with E-state index in [1.165, 1.54) is 6.42 Å². The second-order valence-electron chi connectivity index (χ2n) is 4.18. The third kappa shape index (κ3) is 4.33.